The fourth-order valence-corrected chi connectivity index (χ4v) is 3.48. The monoisotopic (exact) mass is 279 g/mol. The second-order valence-electron chi connectivity index (χ2n) is 6.40. The zero-order chi connectivity index (χ0) is 14.5. The van der Waals surface area contributed by atoms with Gasteiger partial charge in [0.25, 0.3) is 0 Å². The smallest absolute Gasteiger partial charge is 0.0214 e. The van der Waals surface area contributed by atoms with Gasteiger partial charge >= 0.3 is 0 Å². The van der Waals surface area contributed by atoms with E-state index in [4.69, 9.17) is 0 Å². The van der Waals surface area contributed by atoms with Crippen LogP contribution in [0.5, 0.6) is 0 Å². The van der Waals surface area contributed by atoms with E-state index in [1.807, 2.05) is 0 Å². The molecule has 2 unspecified atom stereocenters. The summed E-state index contributed by atoms with van der Waals surface area (Å²) in [6.45, 7) is 3.40. The molecule has 0 aromatic heterocycles. The van der Waals surface area contributed by atoms with Crippen LogP contribution in [-0.4, -0.2) is 12.6 Å². The summed E-state index contributed by atoms with van der Waals surface area (Å²) in [5, 5.41) is 3.81. The SMILES string of the molecule is CC1CCC(NCC(c2ccccc2)c2ccccc2)C1. The van der Waals surface area contributed by atoms with E-state index in [-0.39, 0.29) is 0 Å². The van der Waals surface area contributed by atoms with Crippen LogP contribution in [0.3, 0.4) is 0 Å². The number of benzene rings is 2. The van der Waals surface area contributed by atoms with Crippen molar-refractivity contribution >= 4 is 0 Å². The van der Waals surface area contributed by atoms with Gasteiger partial charge in [-0.25, -0.2) is 0 Å². The van der Waals surface area contributed by atoms with Crippen molar-refractivity contribution in [2.24, 2.45) is 5.92 Å². The zero-order valence-electron chi connectivity index (χ0n) is 12.8. The summed E-state index contributed by atoms with van der Waals surface area (Å²) in [5.74, 6) is 1.33. The average molecular weight is 279 g/mol. The Labute approximate surface area is 128 Å². The summed E-state index contributed by atoms with van der Waals surface area (Å²) in [6, 6.07) is 22.4. The molecule has 2 aromatic carbocycles. The molecule has 1 aliphatic carbocycles. The van der Waals surface area contributed by atoms with Gasteiger partial charge in [0.1, 0.15) is 0 Å². The highest BCUT2D eigenvalue weighted by atomic mass is 14.9. The van der Waals surface area contributed by atoms with Gasteiger partial charge in [-0.2, -0.15) is 0 Å². The van der Waals surface area contributed by atoms with Gasteiger partial charge in [-0.15, -0.1) is 0 Å². The van der Waals surface area contributed by atoms with Gasteiger partial charge in [0.15, 0.2) is 0 Å². The second kappa shape index (κ2) is 6.91. The van der Waals surface area contributed by atoms with Gasteiger partial charge in [-0.05, 0) is 36.3 Å². The Morgan fingerprint density at radius 2 is 1.48 bits per heavy atom. The van der Waals surface area contributed by atoms with Crippen LogP contribution in [0.1, 0.15) is 43.2 Å². The van der Waals surface area contributed by atoms with E-state index in [0.717, 1.165) is 12.5 Å². The molecule has 1 heteroatoms. The Bertz CT molecular complexity index is 495. The number of hydrogen-bond acceptors (Lipinski definition) is 1. The van der Waals surface area contributed by atoms with E-state index in [2.05, 4.69) is 72.9 Å². The molecule has 0 spiro atoms. The number of hydrogen-bond donors (Lipinski definition) is 1. The molecule has 0 amide bonds. The third kappa shape index (κ3) is 3.74. The maximum Gasteiger partial charge on any atom is 0.0214 e. The van der Waals surface area contributed by atoms with Crippen molar-refractivity contribution in [3.8, 4) is 0 Å². The molecular formula is C20H25N. The molecule has 1 saturated carbocycles. The third-order valence-corrected chi connectivity index (χ3v) is 4.71. The highest BCUT2D eigenvalue weighted by Gasteiger charge is 2.22. The molecule has 0 radical (unpaired) electrons. The standard InChI is InChI=1S/C20H25N/c1-16-12-13-19(14-16)21-15-20(17-8-4-2-5-9-17)18-10-6-3-7-11-18/h2-11,16,19-21H,12-15H2,1H3. The van der Waals surface area contributed by atoms with Crippen molar-refractivity contribution in [1.82, 2.24) is 5.32 Å². The summed E-state index contributed by atoms with van der Waals surface area (Å²) in [4.78, 5) is 0. The number of rotatable bonds is 5. The van der Waals surface area contributed by atoms with Crippen LogP contribution in [-0.2, 0) is 0 Å². The van der Waals surface area contributed by atoms with Gasteiger partial charge in [0.2, 0.25) is 0 Å². The molecule has 0 saturated heterocycles. The van der Waals surface area contributed by atoms with E-state index in [1.165, 1.54) is 30.4 Å². The van der Waals surface area contributed by atoms with Crippen LogP contribution < -0.4 is 5.32 Å². The lowest BCUT2D eigenvalue weighted by Crippen LogP contribution is -2.31. The lowest BCUT2D eigenvalue weighted by atomic mass is 9.91. The first-order valence-corrected chi connectivity index (χ1v) is 8.16. The van der Waals surface area contributed by atoms with Crippen LogP contribution in [0.2, 0.25) is 0 Å². The van der Waals surface area contributed by atoms with Crippen LogP contribution in [0.25, 0.3) is 0 Å². The molecule has 0 heterocycles. The topological polar surface area (TPSA) is 12.0 Å². The molecular weight excluding hydrogens is 254 g/mol. The molecule has 1 nitrogen and oxygen atoms in total. The fraction of sp³-hybridized carbons (Fsp3) is 0.400. The summed E-state index contributed by atoms with van der Waals surface area (Å²) >= 11 is 0. The zero-order valence-corrected chi connectivity index (χ0v) is 12.8. The average Bonchev–Trinajstić information content (AvgIpc) is 2.95. The molecule has 110 valence electrons. The minimum absolute atomic E-state index is 0.448. The predicted molar refractivity (Wildman–Crippen MR) is 89.5 cm³/mol. The number of nitrogens with one attached hydrogen (secondary N) is 1. The first-order chi connectivity index (χ1) is 10.3. The van der Waals surface area contributed by atoms with E-state index in [1.54, 1.807) is 0 Å². The summed E-state index contributed by atoms with van der Waals surface area (Å²) in [6.07, 6.45) is 4.03. The lowest BCUT2D eigenvalue weighted by Gasteiger charge is -2.21. The Kier molecular flexibility index (Phi) is 4.72. The predicted octanol–water partition coefficient (Wildman–Crippen LogP) is 4.60. The molecule has 0 bridgehead atoms. The Hall–Kier alpha value is -1.60. The molecule has 1 aliphatic rings. The van der Waals surface area contributed by atoms with Crippen LogP contribution >= 0.6 is 0 Å². The highest BCUT2D eigenvalue weighted by molar-refractivity contribution is 5.32. The highest BCUT2D eigenvalue weighted by Crippen LogP contribution is 2.27. The van der Waals surface area contributed by atoms with Crippen molar-refractivity contribution in [2.75, 3.05) is 6.54 Å². The lowest BCUT2D eigenvalue weighted by molar-refractivity contribution is 0.491. The minimum Gasteiger partial charge on any atom is -0.313 e. The molecule has 1 N–H and O–H groups in total. The molecule has 2 aromatic rings. The van der Waals surface area contributed by atoms with E-state index in [9.17, 15) is 0 Å². The maximum atomic E-state index is 3.81. The van der Waals surface area contributed by atoms with Crippen molar-refractivity contribution in [3.05, 3.63) is 71.8 Å². The molecule has 2 atom stereocenters. The fourth-order valence-electron chi connectivity index (χ4n) is 3.48. The molecule has 1 fully saturated rings. The summed E-state index contributed by atoms with van der Waals surface area (Å²) in [5.41, 5.74) is 2.81. The summed E-state index contributed by atoms with van der Waals surface area (Å²) < 4.78 is 0. The second-order valence-corrected chi connectivity index (χ2v) is 6.40. The van der Waals surface area contributed by atoms with Gasteiger partial charge < -0.3 is 5.32 Å². The third-order valence-electron chi connectivity index (χ3n) is 4.71. The largest absolute Gasteiger partial charge is 0.313 e. The van der Waals surface area contributed by atoms with Crippen molar-refractivity contribution in [2.45, 2.75) is 38.1 Å². The van der Waals surface area contributed by atoms with Crippen LogP contribution in [0.15, 0.2) is 60.7 Å². The Morgan fingerprint density at radius 3 is 1.95 bits per heavy atom. The first kappa shape index (κ1) is 14.3. The van der Waals surface area contributed by atoms with Gasteiger partial charge in [0, 0.05) is 18.5 Å². The molecule has 21 heavy (non-hydrogen) atoms. The van der Waals surface area contributed by atoms with E-state index >= 15 is 0 Å². The molecule has 0 aliphatic heterocycles. The van der Waals surface area contributed by atoms with Crippen LogP contribution in [0.4, 0.5) is 0 Å². The van der Waals surface area contributed by atoms with Crippen LogP contribution in [0, 0.1) is 5.92 Å². The van der Waals surface area contributed by atoms with Crippen molar-refractivity contribution < 1.29 is 0 Å². The Balaban J connectivity index is 1.74. The normalized spacial score (nSPS) is 21.8. The Morgan fingerprint density at radius 1 is 0.905 bits per heavy atom. The van der Waals surface area contributed by atoms with E-state index in [0.29, 0.717) is 12.0 Å². The van der Waals surface area contributed by atoms with Gasteiger partial charge in [-0.3, -0.25) is 0 Å². The van der Waals surface area contributed by atoms with Gasteiger partial charge in [0.05, 0.1) is 0 Å². The molecule has 3 rings (SSSR count). The summed E-state index contributed by atoms with van der Waals surface area (Å²) in [7, 11) is 0. The first-order valence-electron chi connectivity index (χ1n) is 8.16. The van der Waals surface area contributed by atoms with Gasteiger partial charge in [-0.1, -0.05) is 67.6 Å². The maximum absolute atomic E-state index is 3.81. The quantitative estimate of drug-likeness (QED) is 0.843. The minimum atomic E-state index is 0.448. The van der Waals surface area contributed by atoms with E-state index < -0.39 is 0 Å². The van der Waals surface area contributed by atoms with Crippen molar-refractivity contribution in [1.29, 1.82) is 0 Å². The van der Waals surface area contributed by atoms with Crippen molar-refractivity contribution in [3.63, 3.8) is 0 Å².